The molecular weight excluding hydrogens is 252 g/mol. The lowest BCUT2D eigenvalue weighted by Gasteiger charge is -2.08. The summed E-state index contributed by atoms with van der Waals surface area (Å²) >= 11 is 6.10. The van der Waals surface area contributed by atoms with Gasteiger partial charge in [0, 0.05) is 12.7 Å². The average Bonchev–Trinajstić information content (AvgIpc) is 2.67. The maximum Gasteiger partial charge on any atom is 0.239 e. The number of aromatic nitrogens is 3. The van der Waals surface area contributed by atoms with E-state index in [0.29, 0.717) is 11.5 Å². The number of nitrogens with one attached hydrogen (secondary N) is 1. The molecule has 2 rings (SSSR count). The number of likely N-dealkylation sites (N-methyl/N-ethyl adjacent to an activating group) is 1. The molecule has 18 heavy (non-hydrogen) atoms. The molecule has 96 valence electrons. The van der Waals surface area contributed by atoms with Crippen LogP contribution in [0, 0.1) is 6.92 Å². The number of aryl methyl sites for hydroxylation is 1. The summed E-state index contributed by atoms with van der Waals surface area (Å²) in [5, 5.41) is 2.32. The van der Waals surface area contributed by atoms with Crippen LogP contribution in [0.25, 0.3) is 11.2 Å². The van der Waals surface area contributed by atoms with Crippen LogP contribution in [0.2, 0.25) is 0 Å². The van der Waals surface area contributed by atoms with Gasteiger partial charge in [0.05, 0.1) is 5.38 Å². The molecule has 0 bridgehead atoms. The second kappa shape index (κ2) is 4.94. The van der Waals surface area contributed by atoms with Crippen LogP contribution in [0.15, 0.2) is 12.1 Å². The number of rotatable bonds is 3. The first kappa shape index (κ1) is 12.8. The van der Waals surface area contributed by atoms with Gasteiger partial charge in [0.25, 0.3) is 0 Å². The molecule has 0 aromatic carbocycles. The zero-order valence-electron chi connectivity index (χ0n) is 10.6. The molecule has 0 aliphatic heterocycles. The molecule has 5 nitrogen and oxygen atoms in total. The van der Waals surface area contributed by atoms with Crippen molar-refractivity contribution in [3.8, 4) is 0 Å². The van der Waals surface area contributed by atoms with Crippen LogP contribution >= 0.6 is 11.6 Å². The van der Waals surface area contributed by atoms with E-state index in [1.165, 1.54) is 0 Å². The minimum Gasteiger partial charge on any atom is -0.358 e. The van der Waals surface area contributed by atoms with E-state index in [1.54, 1.807) is 11.6 Å². The third kappa shape index (κ3) is 2.31. The van der Waals surface area contributed by atoms with Crippen molar-refractivity contribution in [2.75, 3.05) is 7.05 Å². The highest BCUT2D eigenvalue weighted by Gasteiger charge is 2.17. The van der Waals surface area contributed by atoms with Gasteiger partial charge in [-0.05, 0) is 26.0 Å². The lowest BCUT2D eigenvalue weighted by atomic mass is 10.3. The number of pyridine rings is 1. The molecule has 2 aromatic rings. The van der Waals surface area contributed by atoms with Gasteiger partial charge in [0.1, 0.15) is 17.9 Å². The molecule has 2 heterocycles. The van der Waals surface area contributed by atoms with Crippen LogP contribution in [-0.2, 0) is 11.3 Å². The monoisotopic (exact) mass is 266 g/mol. The topological polar surface area (TPSA) is 59.8 Å². The van der Waals surface area contributed by atoms with Crippen molar-refractivity contribution in [2.24, 2.45) is 0 Å². The Kier molecular flexibility index (Phi) is 3.52. The molecule has 1 atom stereocenters. The summed E-state index contributed by atoms with van der Waals surface area (Å²) in [5.74, 6) is 0.560. The third-order valence-corrected chi connectivity index (χ3v) is 2.89. The minimum absolute atomic E-state index is 0.101. The van der Waals surface area contributed by atoms with Gasteiger partial charge in [0.15, 0.2) is 5.65 Å². The standard InChI is InChI=1S/C12H15ClN4O/c1-7-4-5-9-12(15-7)17(6-10(18)14-3)11(16-9)8(2)13/h4-5,8H,6H2,1-3H3,(H,14,18). The number of carbonyl (C=O) groups excluding carboxylic acids is 1. The Labute approximate surface area is 110 Å². The average molecular weight is 267 g/mol. The van der Waals surface area contributed by atoms with Gasteiger partial charge in [-0.15, -0.1) is 11.6 Å². The number of nitrogens with zero attached hydrogens (tertiary/aromatic N) is 3. The number of imidazole rings is 1. The fourth-order valence-corrected chi connectivity index (χ4v) is 1.96. The Balaban J connectivity index is 2.60. The first-order chi connectivity index (χ1) is 8.52. The van der Waals surface area contributed by atoms with E-state index in [0.717, 1.165) is 11.2 Å². The Morgan fingerprint density at radius 2 is 2.22 bits per heavy atom. The summed E-state index contributed by atoms with van der Waals surface area (Å²) in [6.07, 6.45) is 0. The maximum absolute atomic E-state index is 11.6. The summed E-state index contributed by atoms with van der Waals surface area (Å²) in [6, 6.07) is 3.78. The molecule has 1 amide bonds. The molecule has 0 radical (unpaired) electrons. The van der Waals surface area contributed by atoms with Crippen LogP contribution in [0.1, 0.15) is 23.8 Å². The first-order valence-corrected chi connectivity index (χ1v) is 6.15. The number of alkyl halides is 1. The van der Waals surface area contributed by atoms with Crippen LogP contribution < -0.4 is 5.32 Å². The SMILES string of the molecule is CNC(=O)Cn1c(C(C)Cl)nc2ccc(C)nc21. The van der Waals surface area contributed by atoms with E-state index in [2.05, 4.69) is 15.3 Å². The fraction of sp³-hybridized carbons (Fsp3) is 0.417. The molecule has 0 fully saturated rings. The largest absolute Gasteiger partial charge is 0.358 e. The summed E-state index contributed by atoms with van der Waals surface area (Å²) < 4.78 is 1.76. The van der Waals surface area contributed by atoms with Gasteiger partial charge in [-0.3, -0.25) is 4.79 Å². The van der Waals surface area contributed by atoms with Crippen molar-refractivity contribution in [1.29, 1.82) is 0 Å². The van der Waals surface area contributed by atoms with Gasteiger partial charge in [-0.2, -0.15) is 0 Å². The van der Waals surface area contributed by atoms with E-state index >= 15 is 0 Å². The Morgan fingerprint density at radius 1 is 1.50 bits per heavy atom. The number of carbonyl (C=O) groups is 1. The van der Waals surface area contributed by atoms with Crippen LogP contribution in [0.4, 0.5) is 0 Å². The molecule has 1 unspecified atom stereocenters. The Morgan fingerprint density at radius 3 is 2.83 bits per heavy atom. The zero-order chi connectivity index (χ0) is 13.3. The third-order valence-electron chi connectivity index (χ3n) is 2.70. The number of hydrogen-bond acceptors (Lipinski definition) is 3. The number of amides is 1. The van der Waals surface area contributed by atoms with Crippen LogP contribution in [0.5, 0.6) is 0 Å². The van der Waals surface area contributed by atoms with Gasteiger partial charge < -0.3 is 9.88 Å². The van der Waals surface area contributed by atoms with Gasteiger partial charge in [-0.1, -0.05) is 0 Å². The van der Waals surface area contributed by atoms with Gasteiger partial charge in [-0.25, -0.2) is 9.97 Å². The van der Waals surface area contributed by atoms with Crippen molar-refractivity contribution in [3.05, 3.63) is 23.7 Å². The summed E-state index contributed by atoms with van der Waals surface area (Å²) in [4.78, 5) is 20.4. The Bertz CT molecular complexity index is 591. The van der Waals surface area contributed by atoms with Crippen LogP contribution in [0.3, 0.4) is 0 Å². The van der Waals surface area contributed by atoms with E-state index < -0.39 is 0 Å². The number of halogens is 1. The Hall–Kier alpha value is -1.62. The minimum atomic E-state index is -0.274. The maximum atomic E-state index is 11.6. The van der Waals surface area contributed by atoms with E-state index in [1.807, 2.05) is 26.0 Å². The molecule has 0 aliphatic carbocycles. The lowest BCUT2D eigenvalue weighted by Crippen LogP contribution is -2.24. The van der Waals surface area contributed by atoms with Crippen molar-refractivity contribution in [1.82, 2.24) is 19.9 Å². The summed E-state index contributed by atoms with van der Waals surface area (Å²) in [5.41, 5.74) is 2.34. The van der Waals surface area contributed by atoms with E-state index in [9.17, 15) is 4.79 Å². The fourth-order valence-electron chi connectivity index (χ4n) is 1.80. The van der Waals surface area contributed by atoms with Crippen molar-refractivity contribution in [2.45, 2.75) is 25.8 Å². The zero-order valence-corrected chi connectivity index (χ0v) is 11.3. The van der Waals surface area contributed by atoms with E-state index in [4.69, 9.17) is 11.6 Å². The second-order valence-electron chi connectivity index (χ2n) is 4.14. The number of hydrogen-bond donors (Lipinski definition) is 1. The smallest absolute Gasteiger partial charge is 0.239 e. The molecule has 0 saturated heterocycles. The molecule has 0 aliphatic rings. The highest BCUT2D eigenvalue weighted by molar-refractivity contribution is 6.20. The second-order valence-corrected chi connectivity index (χ2v) is 4.80. The quantitative estimate of drug-likeness (QED) is 0.862. The van der Waals surface area contributed by atoms with Crippen molar-refractivity contribution >= 4 is 28.7 Å². The molecule has 6 heteroatoms. The molecule has 2 aromatic heterocycles. The molecular formula is C12H15ClN4O. The number of fused-ring (bicyclic) bond motifs is 1. The van der Waals surface area contributed by atoms with Gasteiger partial charge >= 0.3 is 0 Å². The highest BCUT2D eigenvalue weighted by Crippen LogP contribution is 2.23. The van der Waals surface area contributed by atoms with Crippen molar-refractivity contribution < 1.29 is 4.79 Å². The normalized spacial score (nSPS) is 12.7. The first-order valence-electron chi connectivity index (χ1n) is 5.71. The summed E-state index contributed by atoms with van der Waals surface area (Å²) in [7, 11) is 1.60. The van der Waals surface area contributed by atoms with Gasteiger partial charge in [0.2, 0.25) is 5.91 Å². The van der Waals surface area contributed by atoms with E-state index in [-0.39, 0.29) is 17.8 Å². The summed E-state index contributed by atoms with van der Waals surface area (Å²) in [6.45, 7) is 3.91. The van der Waals surface area contributed by atoms with Crippen molar-refractivity contribution in [3.63, 3.8) is 0 Å². The van der Waals surface area contributed by atoms with Crippen LogP contribution in [-0.4, -0.2) is 27.5 Å². The molecule has 0 saturated carbocycles. The molecule has 1 N–H and O–H groups in total. The highest BCUT2D eigenvalue weighted by atomic mass is 35.5. The predicted octanol–water partition coefficient (Wildman–Crippen LogP) is 1.79. The predicted molar refractivity (Wildman–Crippen MR) is 70.6 cm³/mol. The lowest BCUT2D eigenvalue weighted by molar-refractivity contribution is -0.121. The molecule has 0 spiro atoms.